The molecule has 3 rings (SSSR count). The number of benzene rings is 1. The third kappa shape index (κ3) is 2.29. The van der Waals surface area contributed by atoms with Crippen molar-refractivity contribution >= 4 is 17.4 Å². The van der Waals surface area contributed by atoms with Gasteiger partial charge in [0.2, 0.25) is 5.91 Å². The van der Waals surface area contributed by atoms with Crippen molar-refractivity contribution in [3.8, 4) is 0 Å². The second-order valence-corrected chi connectivity index (χ2v) is 5.52. The lowest BCUT2D eigenvalue weighted by Gasteiger charge is -2.25. The quantitative estimate of drug-likeness (QED) is 0.774. The smallest absolute Gasteiger partial charge is 0.230 e. The van der Waals surface area contributed by atoms with E-state index in [1.165, 1.54) is 0 Å². The van der Waals surface area contributed by atoms with Gasteiger partial charge in [0.1, 0.15) is 0 Å². The number of carbonyl (C=O) groups is 2. The summed E-state index contributed by atoms with van der Waals surface area (Å²) in [5.74, 6) is 0.554. The molecule has 0 aromatic heterocycles. The molecule has 0 N–H and O–H groups in total. The van der Waals surface area contributed by atoms with Gasteiger partial charge >= 0.3 is 0 Å². The molecule has 2 aliphatic rings. The zero-order valence-electron chi connectivity index (χ0n) is 11.1. The average Bonchev–Trinajstić information content (AvgIpc) is 2.91. The number of amides is 1. The van der Waals surface area contributed by atoms with Gasteiger partial charge in [0.05, 0.1) is 5.69 Å². The van der Waals surface area contributed by atoms with Gasteiger partial charge in [-0.3, -0.25) is 9.59 Å². The van der Waals surface area contributed by atoms with Gasteiger partial charge in [-0.15, -0.1) is 0 Å². The normalized spacial score (nSPS) is 20.2. The van der Waals surface area contributed by atoms with Crippen LogP contribution in [0.15, 0.2) is 24.3 Å². The summed E-state index contributed by atoms with van der Waals surface area (Å²) in [5, 5.41) is 0. The van der Waals surface area contributed by atoms with Crippen LogP contribution in [0.25, 0.3) is 0 Å². The fourth-order valence-electron chi connectivity index (χ4n) is 3.22. The van der Waals surface area contributed by atoms with E-state index in [0.29, 0.717) is 18.5 Å². The van der Waals surface area contributed by atoms with Crippen LogP contribution in [0.1, 0.15) is 48.9 Å². The molecule has 0 bridgehead atoms. The van der Waals surface area contributed by atoms with Gasteiger partial charge in [-0.2, -0.15) is 0 Å². The molecule has 3 heteroatoms. The number of fused-ring (bicyclic) bond motifs is 1. The minimum Gasteiger partial charge on any atom is -0.311 e. The molecule has 19 heavy (non-hydrogen) atoms. The molecule has 0 saturated heterocycles. The summed E-state index contributed by atoms with van der Waals surface area (Å²) in [5.41, 5.74) is 1.54. The molecular formula is C16H19NO2. The van der Waals surface area contributed by atoms with Gasteiger partial charge in [-0.1, -0.05) is 25.0 Å². The number of para-hydroxylation sites is 1. The van der Waals surface area contributed by atoms with Crippen molar-refractivity contribution in [3.63, 3.8) is 0 Å². The van der Waals surface area contributed by atoms with Crippen LogP contribution in [0, 0.1) is 5.92 Å². The molecule has 3 nitrogen and oxygen atoms in total. The molecule has 1 amide bonds. The second kappa shape index (κ2) is 5.16. The van der Waals surface area contributed by atoms with Crippen molar-refractivity contribution in [1.29, 1.82) is 0 Å². The Hall–Kier alpha value is -1.64. The summed E-state index contributed by atoms with van der Waals surface area (Å²) in [4.78, 5) is 26.6. The first-order valence-electron chi connectivity index (χ1n) is 7.21. The van der Waals surface area contributed by atoms with Crippen LogP contribution in [0.2, 0.25) is 0 Å². The minimum absolute atomic E-state index is 0.164. The summed E-state index contributed by atoms with van der Waals surface area (Å²) in [6, 6.07) is 7.54. The number of nitrogens with zero attached hydrogens (tertiary/aromatic N) is 1. The van der Waals surface area contributed by atoms with Crippen molar-refractivity contribution in [2.75, 3.05) is 11.4 Å². The van der Waals surface area contributed by atoms with Gasteiger partial charge < -0.3 is 4.90 Å². The van der Waals surface area contributed by atoms with E-state index in [4.69, 9.17) is 0 Å². The predicted molar refractivity (Wildman–Crippen MR) is 74.3 cm³/mol. The van der Waals surface area contributed by atoms with E-state index in [1.54, 1.807) is 0 Å². The Balaban J connectivity index is 1.94. The number of anilines is 1. The first-order chi connectivity index (χ1) is 9.27. The highest BCUT2D eigenvalue weighted by Gasteiger charge is 2.31. The summed E-state index contributed by atoms with van der Waals surface area (Å²) in [6.45, 7) is 0.679. The van der Waals surface area contributed by atoms with Crippen LogP contribution < -0.4 is 4.90 Å². The number of rotatable bonds is 1. The van der Waals surface area contributed by atoms with Crippen LogP contribution in [0.4, 0.5) is 5.69 Å². The first-order valence-corrected chi connectivity index (χ1v) is 7.21. The molecule has 0 spiro atoms. The molecule has 1 aromatic rings. The lowest BCUT2D eigenvalue weighted by Crippen LogP contribution is -2.36. The summed E-state index contributed by atoms with van der Waals surface area (Å²) in [6.07, 6.45) is 5.64. The lowest BCUT2D eigenvalue weighted by molar-refractivity contribution is -0.122. The Labute approximate surface area is 113 Å². The van der Waals surface area contributed by atoms with E-state index in [1.807, 2.05) is 29.2 Å². The zero-order valence-corrected chi connectivity index (χ0v) is 11.1. The molecule has 0 radical (unpaired) electrons. The number of ketones is 1. The highest BCUT2D eigenvalue weighted by molar-refractivity contribution is 6.07. The number of Topliss-reactive ketones (excluding diaryl/α,β-unsaturated/α-hetero) is 1. The molecule has 0 unspecified atom stereocenters. The Morgan fingerprint density at radius 1 is 1.11 bits per heavy atom. The van der Waals surface area contributed by atoms with E-state index in [0.717, 1.165) is 37.8 Å². The van der Waals surface area contributed by atoms with E-state index < -0.39 is 0 Å². The number of hydrogen-bond acceptors (Lipinski definition) is 2. The Kier molecular flexibility index (Phi) is 3.36. The summed E-state index contributed by atoms with van der Waals surface area (Å²) >= 11 is 0. The van der Waals surface area contributed by atoms with Crippen LogP contribution >= 0.6 is 0 Å². The first kappa shape index (κ1) is 12.4. The maximum Gasteiger partial charge on any atom is 0.230 e. The Morgan fingerprint density at radius 2 is 1.84 bits per heavy atom. The van der Waals surface area contributed by atoms with Crippen molar-refractivity contribution < 1.29 is 9.59 Å². The summed E-state index contributed by atoms with van der Waals surface area (Å²) in [7, 11) is 0. The van der Waals surface area contributed by atoms with Gasteiger partial charge in [-0.05, 0) is 31.4 Å². The fourth-order valence-corrected chi connectivity index (χ4v) is 3.22. The molecule has 1 aromatic carbocycles. The Morgan fingerprint density at radius 3 is 2.63 bits per heavy atom. The maximum atomic E-state index is 12.6. The highest BCUT2D eigenvalue weighted by Crippen LogP contribution is 2.32. The van der Waals surface area contributed by atoms with Gasteiger partial charge in [0.15, 0.2) is 5.78 Å². The molecule has 1 saturated carbocycles. The topological polar surface area (TPSA) is 37.4 Å². The maximum absolute atomic E-state index is 12.6. The largest absolute Gasteiger partial charge is 0.311 e. The SMILES string of the molecule is O=C1CCCN(C(=O)C2CCCC2)c2ccccc21. The van der Waals surface area contributed by atoms with Gasteiger partial charge in [-0.25, -0.2) is 0 Å². The molecule has 0 atom stereocenters. The molecule has 100 valence electrons. The molecular weight excluding hydrogens is 238 g/mol. The van der Waals surface area contributed by atoms with Crippen LogP contribution in [-0.4, -0.2) is 18.2 Å². The van der Waals surface area contributed by atoms with E-state index in [-0.39, 0.29) is 17.6 Å². The minimum atomic E-state index is 0.164. The van der Waals surface area contributed by atoms with Crippen LogP contribution in [0.3, 0.4) is 0 Å². The fraction of sp³-hybridized carbons (Fsp3) is 0.500. The number of hydrogen-bond donors (Lipinski definition) is 0. The predicted octanol–water partition coefficient (Wildman–Crippen LogP) is 3.19. The van der Waals surface area contributed by atoms with Crippen LogP contribution in [-0.2, 0) is 4.79 Å². The number of carbonyl (C=O) groups excluding carboxylic acids is 2. The van der Waals surface area contributed by atoms with Crippen LogP contribution in [0.5, 0.6) is 0 Å². The lowest BCUT2D eigenvalue weighted by atomic mass is 10.0. The highest BCUT2D eigenvalue weighted by atomic mass is 16.2. The van der Waals surface area contributed by atoms with Gasteiger partial charge in [0.25, 0.3) is 0 Å². The summed E-state index contributed by atoms with van der Waals surface area (Å²) < 4.78 is 0. The van der Waals surface area contributed by atoms with E-state index >= 15 is 0 Å². The molecule has 1 aliphatic heterocycles. The standard InChI is InChI=1S/C16H19NO2/c18-15-10-5-11-17(14-9-4-3-8-13(14)15)16(19)12-6-1-2-7-12/h3-4,8-9,12H,1-2,5-7,10-11H2. The Bertz CT molecular complexity index is 503. The van der Waals surface area contributed by atoms with E-state index in [2.05, 4.69) is 0 Å². The van der Waals surface area contributed by atoms with E-state index in [9.17, 15) is 9.59 Å². The van der Waals surface area contributed by atoms with Crippen molar-refractivity contribution in [2.45, 2.75) is 38.5 Å². The van der Waals surface area contributed by atoms with Crippen molar-refractivity contribution in [2.24, 2.45) is 5.92 Å². The van der Waals surface area contributed by atoms with Crippen molar-refractivity contribution in [1.82, 2.24) is 0 Å². The molecule has 1 fully saturated rings. The van der Waals surface area contributed by atoms with Gasteiger partial charge in [0, 0.05) is 24.4 Å². The second-order valence-electron chi connectivity index (χ2n) is 5.52. The average molecular weight is 257 g/mol. The third-order valence-electron chi connectivity index (χ3n) is 4.25. The zero-order chi connectivity index (χ0) is 13.2. The van der Waals surface area contributed by atoms with Crippen molar-refractivity contribution in [3.05, 3.63) is 29.8 Å². The monoisotopic (exact) mass is 257 g/mol. The molecule has 1 heterocycles. The third-order valence-corrected chi connectivity index (χ3v) is 4.25. The molecule has 1 aliphatic carbocycles.